The van der Waals surface area contributed by atoms with Crippen LogP contribution in [0.15, 0.2) is 18.2 Å². The second-order valence-corrected chi connectivity index (χ2v) is 5.34. The zero-order chi connectivity index (χ0) is 15.5. The molecule has 3 rings (SSSR count). The topological polar surface area (TPSA) is 68.5 Å². The fourth-order valence-electron chi connectivity index (χ4n) is 2.53. The Hall–Kier alpha value is -2.21. The highest BCUT2D eigenvalue weighted by Crippen LogP contribution is 2.31. The van der Waals surface area contributed by atoms with Crippen LogP contribution in [0.2, 0.25) is 0 Å². The number of hydrogen-bond acceptors (Lipinski definition) is 5. The first-order valence-corrected chi connectivity index (χ1v) is 7.46. The van der Waals surface area contributed by atoms with E-state index in [1.54, 1.807) is 0 Å². The van der Waals surface area contributed by atoms with Gasteiger partial charge < -0.3 is 19.9 Å². The van der Waals surface area contributed by atoms with E-state index in [0.717, 1.165) is 34.1 Å². The summed E-state index contributed by atoms with van der Waals surface area (Å²) in [4.78, 5) is 0. The highest BCUT2D eigenvalue weighted by atomic mass is 16.6. The van der Waals surface area contributed by atoms with Gasteiger partial charge in [-0.2, -0.15) is 5.10 Å². The lowest BCUT2D eigenvalue weighted by Gasteiger charge is -2.19. The molecule has 0 saturated heterocycles. The molecule has 6 nitrogen and oxygen atoms in total. The number of aliphatic hydroxyl groups excluding tert-OH is 1. The lowest BCUT2D eigenvalue weighted by molar-refractivity contribution is 0.171. The summed E-state index contributed by atoms with van der Waals surface area (Å²) in [6.07, 6.45) is 0. The Labute approximate surface area is 129 Å². The molecule has 0 aliphatic carbocycles. The molecule has 0 fully saturated rings. The van der Waals surface area contributed by atoms with E-state index in [1.165, 1.54) is 0 Å². The third-order valence-corrected chi connectivity index (χ3v) is 3.81. The summed E-state index contributed by atoms with van der Waals surface area (Å²) in [6, 6.07) is 5.96. The van der Waals surface area contributed by atoms with Gasteiger partial charge in [0.2, 0.25) is 0 Å². The van der Waals surface area contributed by atoms with E-state index >= 15 is 0 Å². The molecule has 0 unspecified atom stereocenters. The second kappa shape index (κ2) is 6.27. The number of anilines is 1. The first kappa shape index (κ1) is 14.7. The molecule has 6 heteroatoms. The molecule has 118 valence electrons. The minimum absolute atomic E-state index is 0.0687. The van der Waals surface area contributed by atoms with Gasteiger partial charge in [-0.3, -0.25) is 0 Å². The SMILES string of the molecule is Cc1nn(CCO)c(NCc2ccc3c(c2)OCCO3)c1C. The van der Waals surface area contributed by atoms with Crippen molar-refractivity contribution in [1.82, 2.24) is 9.78 Å². The van der Waals surface area contributed by atoms with Crippen LogP contribution in [0.5, 0.6) is 11.5 Å². The van der Waals surface area contributed by atoms with E-state index < -0.39 is 0 Å². The van der Waals surface area contributed by atoms with Crippen molar-refractivity contribution in [3.05, 3.63) is 35.0 Å². The highest BCUT2D eigenvalue weighted by Gasteiger charge is 2.13. The van der Waals surface area contributed by atoms with Crippen molar-refractivity contribution in [3.63, 3.8) is 0 Å². The summed E-state index contributed by atoms with van der Waals surface area (Å²) in [5, 5.41) is 17.0. The van der Waals surface area contributed by atoms with Crippen LogP contribution in [0.25, 0.3) is 0 Å². The summed E-state index contributed by atoms with van der Waals surface area (Å²) in [6.45, 7) is 6.40. The number of hydrogen-bond donors (Lipinski definition) is 2. The van der Waals surface area contributed by atoms with Gasteiger partial charge in [-0.25, -0.2) is 4.68 Å². The molecule has 1 aromatic carbocycles. The highest BCUT2D eigenvalue weighted by molar-refractivity contribution is 5.49. The molecule has 2 heterocycles. The average Bonchev–Trinajstić information content (AvgIpc) is 2.80. The number of rotatable bonds is 5. The monoisotopic (exact) mass is 303 g/mol. The van der Waals surface area contributed by atoms with Crippen LogP contribution in [0.4, 0.5) is 5.82 Å². The van der Waals surface area contributed by atoms with Crippen LogP contribution in [0.1, 0.15) is 16.8 Å². The Morgan fingerprint density at radius 2 is 2.00 bits per heavy atom. The van der Waals surface area contributed by atoms with E-state index in [0.29, 0.717) is 26.3 Å². The number of aryl methyl sites for hydroxylation is 1. The molecule has 0 bridgehead atoms. The fourth-order valence-corrected chi connectivity index (χ4v) is 2.53. The zero-order valence-corrected chi connectivity index (χ0v) is 12.9. The number of benzene rings is 1. The Morgan fingerprint density at radius 3 is 2.77 bits per heavy atom. The van der Waals surface area contributed by atoms with E-state index in [-0.39, 0.29) is 6.61 Å². The molecular formula is C16H21N3O3. The first-order chi connectivity index (χ1) is 10.7. The molecule has 2 aromatic rings. The van der Waals surface area contributed by atoms with Crippen LogP contribution in [-0.2, 0) is 13.1 Å². The van der Waals surface area contributed by atoms with E-state index in [2.05, 4.69) is 10.4 Å². The molecule has 1 aromatic heterocycles. The summed E-state index contributed by atoms with van der Waals surface area (Å²) in [7, 11) is 0. The van der Waals surface area contributed by atoms with Crippen LogP contribution >= 0.6 is 0 Å². The summed E-state index contributed by atoms with van der Waals surface area (Å²) < 4.78 is 12.9. The summed E-state index contributed by atoms with van der Waals surface area (Å²) in [5.74, 6) is 2.54. The maximum atomic E-state index is 9.14. The quantitative estimate of drug-likeness (QED) is 0.882. The molecule has 0 spiro atoms. The molecule has 0 atom stereocenters. The third-order valence-electron chi connectivity index (χ3n) is 3.81. The number of nitrogens with one attached hydrogen (secondary N) is 1. The molecule has 1 aliphatic heterocycles. The maximum Gasteiger partial charge on any atom is 0.161 e. The van der Waals surface area contributed by atoms with Gasteiger partial charge in [0.1, 0.15) is 19.0 Å². The minimum atomic E-state index is 0.0687. The molecule has 22 heavy (non-hydrogen) atoms. The fraction of sp³-hybridized carbons (Fsp3) is 0.438. The number of fused-ring (bicyclic) bond motifs is 1. The molecule has 0 amide bonds. The van der Waals surface area contributed by atoms with Crippen LogP contribution < -0.4 is 14.8 Å². The minimum Gasteiger partial charge on any atom is -0.486 e. The second-order valence-electron chi connectivity index (χ2n) is 5.34. The molecule has 1 aliphatic rings. The molecule has 0 saturated carbocycles. The normalized spacial score (nSPS) is 13.2. The Morgan fingerprint density at radius 1 is 1.23 bits per heavy atom. The zero-order valence-electron chi connectivity index (χ0n) is 12.9. The smallest absolute Gasteiger partial charge is 0.161 e. The summed E-state index contributed by atoms with van der Waals surface area (Å²) >= 11 is 0. The van der Waals surface area contributed by atoms with Gasteiger partial charge in [0.05, 0.1) is 18.8 Å². The van der Waals surface area contributed by atoms with Gasteiger partial charge in [-0.1, -0.05) is 6.07 Å². The van der Waals surface area contributed by atoms with Crippen molar-refractivity contribution >= 4 is 5.82 Å². The largest absolute Gasteiger partial charge is 0.486 e. The van der Waals surface area contributed by atoms with Crippen LogP contribution in [-0.4, -0.2) is 34.7 Å². The number of ether oxygens (including phenoxy) is 2. The van der Waals surface area contributed by atoms with E-state index in [4.69, 9.17) is 14.6 Å². The van der Waals surface area contributed by atoms with Crippen molar-refractivity contribution in [2.45, 2.75) is 26.9 Å². The number of nitrogens with zero attached hydrogens (tertiary/aromatic N) is 2. The van der Waals surface area contributed by atoms with Crippen molar-refractivity contribution in [2.75, 3.05) is 25.1 Å². The number of aromatic nitrogens is 2. The molecule has 0 radical (unpaired) electrons. The van der Waals surface area contributed by atoms with Crippen LogP contribution in [0, 0.1) is 13.8 Å². The first-order valence-electron chi connectivity index (χ1n) is 7.46. The van der Waals surface area contributed by atoms with Gasteiger partial charge in [0.25, 0.3) is 0 Å². The van der Waals surface area contributed by atoms with Crippen molar-refractivity contribution < 1.29 is 14.6 Å². The maximum absolute atomic E-state index is 9.14. The van der Waals surface area contributed by atoms with Crippen LogP contribution in [0.3, 0.4) is 0 Å². The van der Waals surface area contributed by atoms with Gasteiger partial charge in [-0.15, -0.1) is 0 Å². The standard InChI is InChI=1S/C16H21N3O3/c1-11-12(2)18-19(5-6-20)16(11)17-10-13-3-4-14-15(9-13)22-8-7-21-14/h3-4,9,17,20H,5-8,10H2,1-2H3. The average molecular weight is 303 g/mol. The van der Waals surface area contributed by atoms with Crippen molar-refractivity contribution in [2.24, 2.45) is 0 Å². The van der Waals surface area contributed by atoms with Gasteiger partial charge in [-0.05, 0) is 31.5 Å². The van der Waals surface area contributed by atoms with Gasteiger partial charge >= 0.3 is 0 Å². The predicted octanol–water partition coefficient (Wildman–Crippen LogP) is 1.88. The number of aliphatic hydroxyl groups is 1. The van der Waals surface area contributed by atoms with E-state index in [9.17, 15) is 0 Å². The van der Waals surface area contributed by atoms with Gasteiger partial charge in [0, 0.05) is 12.1 Å². The Kier molecular flexibility index (Phi) is 4.20. The van der Waals surface area contributed by atoms with Crippen molar-refractivity contribution in [3.8, 4) is 11.5 Å². The lowest BCUT2D eigenvalue weighted by atomic mass is 10.2. The Balaban J connectivity index is 1.75. The van der Waals surface area contributed by atoms with Gasteiger partial charge in [0.15, 0.2) is 11.5 Å². The van der Waals surface area contributed by atoms with Crippen molar-refractivity contribution in [1.29, 1.82) is 0 Å². The molecule has 2 N–H and O–H groups in total. The molecular weight excluding hydrogens is 282 g/mol. The predicted molar refractivity (Wildman–Crippen MR) is 83.5 cm³/mol. The Bertz CT molecular complexity index is 667. The van der Waals surface area contributed by atoms with E-state index in [1.807, 2.05) is 36.7 Å². The summed E-state index contributed by atoms with van der Waals surface area (Å²) in [5.41, 5.74) is 3.18. The lowest BCUT2D eigenvalue weighted by Crippen LogP contribution is -2.16. The third kappa shape index (κ3) is 2.87.